The molecule has 3 aromatic rings. The smallest absolute Gasteiger partial charge is 0.172 e. The highest BCUT2D eigenvalue weighted by Crippen LogP contribution is 2.32. The molecule has 0 atom stereocenters. The van der Waals surface area contributed by atoms with Gasteiger partial charge in [-0.15, -0.1) is 0 Å². The Labute approximate surface area is 140 Å². The van der Waals surface area contributed by atoms with Crippen LogP contribution in [0.25, 0.3) is 11.1 Å². The van der Waals surface area contributed by atoms with Gasteiger partial charge in [-0.2, -0.15) is 0 Å². The van der Waals surface area contributed by atoms with Crippen molar-refractivity contribution in [2.45, 2.75) is 6.61 Å². The Morgan fingerprint density at radius 1 is 0.958 bits per heavy atom. The maximum Gasteiger partial charge on any atom is 0.172 e. The van der Waals surface area contributed by atoms with Crippen molar-refractivity contribution in [3.63, 3.8) is 0 Å². The maximum atomic E-state index is 14.5. The topological polar surface area (TPSA) is 44.5 Å². The predicted octanol–water partition coefficient (Wildman–Crippen LogP) is 4.66. The molecule has 0 saturated carbocycles. The van der Waals surface area contributed by atoms with Gasteiger partial charge in [0.2, 0.25) is 0 Å². The maximum absolute atomic E-state index is 14.5. The average Bonchev–Trinajstić information content (AvgIpc) is 2.60. The van der Waals surface area contributed by atoms with E-state index in [1.165, 1.54) is 7.11 Å². The minimum absolute atomic E-state index is 0.196. The molecule has 0 amide bonds. The number of nitrogen functional groups attached to an aromatic ring is 1. The first kappa shape index (κ1) is 15.9. The van der Waals surface area contributed by atoms with Gasteiger partial charge >= 0.3 is 0 Å². The zero-order chi connectivity index (χ0) is 16.9. The lowest BCUT2D eigenvalue weighted by atomic mass is 10.0. The van der Waals surface area contributed by atoms with Crippen LogP contribution in [0, 0.1) is 5.82 Å². The molecule has 0 fully saturated rings. The summed E-state index contributed by atoms with van der Waals surface area (Å²) < 4.78 is 25.3. The molecule has 0 spiro atoms. The summed E-state index contributed by atoms with van der Waals surface area (Å²) in [5.74, 6) is 0.373. The second-order valence-corrected chi connectivity index (χ2v) is 5.39. The highest BCUT2D eigenvalue weighted by molar-refractivity contribution is 5.71. The lowest BCUT2D eigenvalue weighted by Crippen LogP contribution is -1.97. The first-order valence-corrected chi connectivity index (χ1v) is 7.57. The van der Waals surface area contributed by atoms with Crippen molar-refractivity contribution >= 4 is 5.69 Å². The molecule has 3 rings (SSSR count). The molecule has 0 aliphatic heterocycles. The summed E-state index contributed by atoms with van der Waals surface area (Å²) in [5, 5.41) is 0. The summed E-state index contributed by atoms with van der Waals surface area (Å²) in [6.45, 7) is 0.421. The Bertz CT molecular complexity index is 834. The van der Waals surface area contributed by atoms with Crippen molar-refractivity contribution in [1.29, 1.82) is 0 Å². The van der Waals surface area contributed by atoms with Gasteiger partial charge < -0.3 is 15.2 Å². The summed E-state index contributed by atoms with van der Waals surface area (Å²) in [7, 11) is 1.44. The van der Waals surface area contributed by atoms with Crippen LogP contribution in [0.2, 0.25) is 0 Å². The van der Waals surface area contributed by atoms with E-state index < -0.39 is 5.82 Å². The number of hydrogen-bond acceptors (Lipinski definition) is 3. The number of nitrogens with two attached hydrogens (primary N) is 1. The number of hydrogen-bond donors (Lipinski definition) is 1. The van der Waals surface area contributed by atoms with E-state index in [1.807, 2.05) is 30.3 Å². The molecule has 122 valence electrons. The van der Waals surface area contributed by atoms with Gasteiger partial charge in [0, 0.05) is 17.3 Å². The number of ether oxygens (including phenoxy) is 2. The van der Waals surface area contributed by atoms with Crippen LogP contribution >= 0.6 is 0 Å². The van der Waals surface area contributed by atoms with Crippen molar-refractivity contribution < 1.29 is 13.9 Å². The molecule has 24 heavy (non-hydrogen) atoms. The molecule has 0 bridgehead atoms. The van der Waals surface area contributed by atoms with Crippen LogP contribution < -0.4 is 15.2 Å². The fourth-order valence-electron chi connectivity index (χ4n) is 2.49. The summed E-state index contributed by atoms with van der Waals surface area (Å²) in [6, 6.07) is 20.0. The van der Waals surface area contributed by atoms with E-state index in [-0.39, 0.29) is 5.75 Å². The predicted molar refractivity (Wildman–Crippen MR) is 93.6 cm³/mol. The summed E-state index contributed by atoms with van der Waals surface area (Å²) in [5.41, 5.74) is 8.58. The molecule has 0 radical (unpaired) electrons. The molecule has 0 aliphatic rings. The average molecular weight is 323 g/mol. The zero-order valence-electron chi connectivity index (χ0n) is 13.3. The Morgan fingerprint density at radius 2 is 1.75 bits per heavy atom. The second-order valence-electron chi connectivity index (χ2n) is 5.39. The van der Waals surface area contributed by atoms with Crippen molar-refractivity contribution in [1.82, 2.24) is 0 Å². The van der Waals surface area contributed by atoms with Gasteiger partial charge in [0.1, 0.15) is 12.4 Å². The number of anilines is 1. The summed E-state index contributed by atoms with van der Waals surface area (Å²) in [6.07, 6.45) is 0. The van der Waals surface area contributed by atoms with Gasteiger partial charge in [0.25, 0.3) is 0 Å². The third-order valence-electron chi connectivity index (χ3n) is 3.67. The van der Waals surface area contributed by atoms with Crippen LogP contribution in [0.1, 0.15) is 5.56 Å². The second kappa shape index (κ2) is 7.04. The van der Waals surface area contributed by atoms with Crippen molar-refractivity contribution in [2.24, 2.45) is 0 Å². The van der Waals surface area contributed by atoms with Crippen LogP contribution in [-0.4, -0.2) is 7.11 Å². The van der Waals surface area contributed by atoms with E-state index >= 15 is 0 Å². The largest absolute Gasteiger partial charge is 0.494 e. The lowest BCUT2D eigenvalue weighted by molar-refractivity contribution is 0.306. The van der Waals surface area contributed by atoms with Crippen LogP contribution in [0.5, 0.6) is 11.5 Å². The Kier molecular flexibility index (Phi) is 4.66. The van der Waals surface area contributed by atoms with E-state index in [0.717, 1.165) is 5.56 Å². The normalized spacial score (nSPS) is 10.4. The summed E-state index contributed by atoms with van der Waals surface area (Å²) in [4.78, 5) is 0. The molecule has 0 aliphatic carbocycles. The third kappa shape index (κ3) is 3.49. The zero-order valence-corrected chi connectivity index (χ0v) is 13.3. The Hall–Kier alpha value is -3.01. The molecule has 4 heteroatoms. The number of methoxy groups -OCH3 is 1. The molecule has 3 nitrogen and oxygen atoms in total. The lowest BCUT2D eigenvalue weighted by Gasteiger charge is -2.12. The molecular formula is C20H18FNO2. The van der Waals surface area contributed by atoms with E-state index in [9.17, 15) is 4.39 Å². The fourth-order valence-corrected chi connectivity index (χ4v) is 2.49. The third-order valence-corrected chi connectivity index (χ3v) is 3.67. The molecule has 0 unspecified atom stereocenters. The first-order valence-electron chi connectivity index (χ1n) is 7.57. The highest BCUT2D eigenvalue weighted by Gasteiger charge is 2.12. The summed E-state index contributed by atoms with van der Waals surface area (Å²) >= 11 is 0. The minimum atomic E-state index is -0.417. The number of halogens is 1. The van der Waals surface area contributed by atoms with E-state index in [4.69, 9.17) is 15.2 Å². The van der Waals surface area contributed by atoms with Crippen molar-refractivity contribution in [2.75, 3.05) is 12.8 Å². The SMILES string of the molecule is COc1cccc(-c2cc(N)cc(OCc3ccccc3)c2)c1F. The molecule has 0 heterocycles. The van der Waals surface area contributed by atoms with Crippen LogP contribution in [-0.2, 0) is 6.61 Å². The van der Waals surface area contributed by atoms with Gasteiger partial charge in [-0.1, -0.05) is 42.5 Å². The van der Waals surface area contributed by atoms with E-state index in [2.05, 4.69) is 0 Å². The van der Waals surface area contributed by atoms with Crippen LogP contribution in [0.3, 0.4) is 0 Å². The van der Waals surface area contributed by atoms with Gasteiger partial charge in [0.05, 0.1) is 7.11 Å². The van der Waals surface area contributed by atoms with Gasteiger partial charge in [-0.3, -0.25) is 0 Å². The molecule has 2 N–H and O–H groups in total. The van der Waals surface area contributed by atoms with Crippen molar-refractivity contribution in [3.05, 3.63) is 78.1 Å². The molecule has 3 aromatic carbocycles. The number of rotatable bonds is 5. The van der Waals surface area contributed by atoms with Gasteiger partial charge in [-0.25, -0.2) is 4.39 Å². The fraction of sp³-hybridized carbons (Fsp3) is 0.100. The van der Waals surface area contributed by atoms with E-state index in [0.29, 0.717) is 29.2 Å². The standard InChI is InChI=1S/C20H18FNO2/c1-23-19-9-5-8-18(20(19)21)15-10-16(22)12-17(11-15)24-13-14-6-3-2-4-7-14/h2-12H,13,22H2,1H3. The monoisotopic (exact) mass is 323 g/mol. The van der Waals surface area contributed by atoms with Crippen molar-refractivity contribution in [3.8, 4) is 22.6 Å². The minimum Gasteiger partial charge on any atom is -0.494 e. The van der Waals surface area contributed by atoms with Gasteiger partial charge in [-0.05, 0) is 29.3 Å². The number of benzene rings is 3. The quantitative estimate of drug-likeness (QED) is 0.694. The van der Waals surface area contributed by atoms with Crippen LogP contribution in [0.15, 0.2) is 66.7 Å². The molecule has 0 aromatic heterocycles. The van der Waals surface area contributed by atoms with E-state index in [1.54, 1.807) is 36.4 Å². The Balaban J connectivity index is 1.89. The Morgan fingerprint density at radius 3 is 2.50 bits per heavy atom. The molecule has 0 saturated heterocycles. The first-order chi connectivity index (χ1) is 11.7. The molecular weight excluding hydrogens is 305 g/mol. The highest BCUT2D eigenvalue weighted by atomic mass is 19.1. The van der Waals surface area contributed by atoms with Gasteiger partial charge in [0.15, 0.2) is 11.6 Å². The van der Waals surface area contributed by atoms with Crippen LogP contribution in [0.4, 0.5) is 10.1 Å².